The number of nitrogens with zero attached hydrogens (tertiary/aromatic N) is 3. The molecular weight excluding hydrogens is 283 g/mol. The Kier molecular flexibility index (Phi) is 3.77. The summed E-state index contributed by atoms with van der Waals surface area (Å²) in [6.45, 7) is 0. The lowest BCUT2D eigenvalue weighted by atomic mass is 10.1. The number of benzene rings is 1. The molecule has 0 N–H and O–H groups in total. The van der Waals surface area contributed by atoms with Crippen molar-refractivity contribution in [3.63, 3.8) is 0 Å². The van der Waals surface area contributed by atoms with Gasteiger partial charge in [-0.2, -0.15) is 23.7 Å². The van der Waals surface area contributed by atoms with Gasteiger partial charge in [0.15, 0.2) is 5.75 Å². The second kappa shape index (κ2) is 5.51. The Balaban J connectivity index is 2.50. The van der Waals surface area contributed by atoms with E-state index in [9.17, 15) is 13.2 Å². The van der Waals surface area contributed by atoms with E-state index in [4.69, 9.17) is 15.3 Å². The Bertz CT molecular complexity index is 757. The number of halogens is 3. The largest absolute Gasteiger partial charge is 0.454 e. The first kappa shape index (κ1) is 14.4. The molecule has 21 heavy (non-hydrogen) atoms. The van der Waals surface area contributed by atoms with Crippen LogP contribution in [0.2, 0.25) is 0 Å². The molecule has 0 bridgehead atoms. The average molecular weight is 289 g/mol. The van der Waals surface area contributed by atoms with E-state index < -0.39 is 17.5 Å². The molecule has 1 aromatic heterocycles. The van der Waals surface area contributed by atoms with Gasteiger partial charge in [0.25, 0.3) is 0 Å². The third-order valence-electron chi connectivity index (χ3n) is 2.54. The van der Waals surface area contributed by atoms with Crippen molar-refractivity contribution in [1.29, 1.82) is 10.5 Å². The molecule has 7 heteroatoms. The van der Waals surface area contributed by atoms with Gasteiger partial charge in [-0.1, -0.05) is 0 Å². The number of nitriles is 2. The molecule has 0 radical (unpaired) electrons. The molecule has 0 atom stereocenters. The second-order valence-electron chi connectivity index (χ2n) is 3.91. The van der Waals surface area contributed by atoms with Gasteiger partial charge in [0.1, 0.15) is 11.8 Å². The summed E-state index contributed by atoms with van der Waals surface area (Å²) in [5.74, 6) is -0.582. The maximum absolute atomic E-state index is 13.0. The zero-order valence-corrected chi connectivity index (χ0v) is 10.3. The molecule has 1 heterocycles. The zero-order valence-electron chi connectivity index (χ0n) is 10.3. The topological polar surface area (TPSA) is 69.7 Å². The Morgan fingerprint density at radius 3 is 2.43 bits per heavy atom. The molecule has 0 aliphatic carbocycles. The minimum Gasteiger partial charge on any atom is -0.454 e. The fourth-order valence-electron chi connectivity index (χ4n) is 1.58. The van der Waals surface area contributed by atoms with Gasteiger partial charge in [-0.05, 0) is 24.3 Å². The van der Waals surface area contributed by atoms with E-state index in [-0.39, 0.29) is 16.9 Å². The van der Waals surface area contributed by atoms with Crippen LogP contribution < -0.4 is 4.74 Å². The third-order valence-corrected chi connectivity index (χ3v) is 2.54. The van der Waals surface area contributed by atoms with Gasteiger partial charge < -0.3 is 4.74 Å². The van der Waals surface area contributed by atoms with Crippen LogP contribution in [0.15, 0.2) is 36.7 Å². The van der Waals surface area contributed by atoms with Gasteiger partial charge in [0.2, 0.25) is 0 Å². The maximum Gasteiger partial charge on any atom is 0.420 e. The second-order valence-corrected chi connectivity index (χ2v) is 3.91. The van der Waals surface area contributed by atoms with E-state index in [1.807, 2.05) is 0 Å². The van der Waals surface area contributed by atoms with Crippen molar-refractivity contribution in [3.8, 4) is 23.6 Å². The van der Waals surface area contributed by atoms with Crippen LogP contribution in [0.1, 0.15) is 16.7 Å². The highest BCUT2D eigenvalue weighted by molar-refractivity contribution is 5.48. The van der Waals surface area contributed by atoms with E-state index in [0.717, 1.165) is 12.3 Å². The number of alkyl halides is 3. The minimum absolute atomic E-state index is 0.0579. The van der Waals surface area contributed by atoms with Crippen molar-refractivity contribution >= 4 is 0 Å². The molecule has 0 unspecified atom stereocenters. The Hall–Kier alpha value is -3.06. The predicted octanol–water partition coefficient (Wildman–Crippen LogP) is 3.64. The van der Waals surface area contributed by atoms with Crippen molar-refractivity contribution in [1.82, 2.24) is 4.98 Å². The highest BCUT2D eigenvalue weighted by Gasteiger charge is 2.35. The number of hydrogen-bond acceptors (Lipinski definition) is 4. The predicted molar refractivity (Wildman–Crippen MR) is 65.2 cm³/mol. The number of ether oxygens (including phenoxy) is 1. The molecule has 4 nitrogen and oxygen atoms in total. The van der Waals surface area contributed by atoms with Gasteiger partial charge in [-0.15, -0.1) is 0 Å². The molecule has 2 rings (SSSR count). The molecule has 0 amide bonds. The smallest absolute Gasteiger partial charge is 0.420 e. The lowest BCUT2D eigenvalue weighted by Crippen LogP contribution is -2.08. The number of rotatable bonds is 2. The summed E-state index contributed by atoms with van der Waals surface area (Å²) in [6, 6.07) is 7.69. The maximum atomic E-state index is 13.0. The highest BCUT2D eigenvalue weighted by atomic mass is 19.4. The molecular formula is C14H6F3N3O. The standard InChI is InChI=1S/C14H6F3N3O/c15-14(16,17)11-5-9(6-18)1-2-12(11)21-13-8-20-4-3-10(13)7-19/h1-5,8H. The lowest BCUT2D eigenvalue weighted by molar-refractivity contribution is -0.138. The summed E-state index contributed by atoms with van der Waals surface area (Å²) in [4.78, 5) is 3.71. The first-order valence-corrected chi connectivity index (χ1v) is 5.59. The highest BCUT2D eigenvalue weighted by Crippen LogP contribution is 2.39. The average Bonchev–Trinajstić information content (AvgIpc) is 2.47. The van der Waals surface area contributed by atoms with Crippen molar-refractivity contribution in [2.45, 2.75) is 6.18 Å². The molecule has 0 aliphatic rings. The van der Waals surface area contributed by atoms with Crippen LogP contribution >= 0.6 is 0 Å². The van der Waals surface area contributed by atoms with Crippen LogP contribution in [0.25, 0.3) is 0 Å². The molecule has 0 fully saturated rings. The van der Waals surface area contributed by atoms with Crippen LogP contribution in [0.3, 0.4) is 0 Å². The van der Waals surface area contributed by atoms with Crippen molar-refractivity contribution < 1.29 is 17.9 Å². The van der Waals surface area contributed by atoms with Gasteiger partial charge in [-0.3, -0.25) is 4.98 Å². The van der Waals surface area contributed by atoms with Crippen molar-refractivity contribution in [3.05, 3.63) is 53.3 Å². The first-order chi connectivity index (χ1) is 9.95. The summed E-state index contributed by atoms with van der Waals surface area (Å²) < 4.78 is 44.1. The molecule has 2 aromatic rings. The minimum atomic E-state index is -4.68. The first-order valence-electron chi connectivity index (χ1n) is 5.59. The number of aromatic nitrogens is 1. The van der Waals surface area contributed by atoms with Crippen molar-refractivity contribution in [2.24, 2.45) is 0 Å². The van der Waals surface area contributed by atoms with Crippen LogP contribution in [0, 0.1) is 22.7 Å². The SMILES string of the molecule is N#Cc1ccc(Oc2cnccc2C#N)c(C(F)(F)F)c1. The van der Waals surface area contributed by atoms with Gasteiger partial charge >= 0.3 is 6.18 Å². The van der Waals surface area contributed by atoms with E-state index in [2.05, 4.69) is 4.98 Å². The van der Waals surface area contributed by atoms with Crippen molar-refractivity contribution in [2.75, 3.05) is 0 Å². The fraction of sp³-hybridized carbons (Fsp3) is 0.0714. The summed E-state index contributed by atoms with van der Waals surface area (Å²) in [5, 5.41) is 17.6. The molecule has 0 saturated carbocycles. The van der Waals surface area contributed by atoms with Crippen LogP contribution in [-0.4, -0.2) is 4.98 Å². The zero-order chi connectivity index (χ0) is 15.5. The quantitative estimate of drug-likeness (QED) is 0.846. The Morgan fingerprint density at radius 1 is 1.05 bits per heavy atom. The number of hydrogen-bond donors (Lipinski definition) is 0. The lowest BCUT2D eigenvalue weighted by Gasteiger charge is -2.14. The normalized spacial score (nSPS) is 10.5. The summed E-state index contributed by atoms with van der Waals surface area (Å²) in [7, 11) is 0. The third kappa shape index (κ3) is 3.10. The summed E-state index contributed by atoms with van der Waals surface area (Å²) in [5.41, 5.74) is -1.17. The number of pyridine rings is 1. The van der Waals surface area contributed by atoms with Crippen LogP contribution in [-0.2, 0) is 6.18 Å². The van der Waals surface area contributed by atoms with E-state index in [1.54, 1.807) is 12.1 Å². The fourth-order valence-corrected chi connectivity index (χ4v) is 1.58. The van der Waals surface area contributed by atoms with Crippen LogP contribution in [0.4, 0.5) is 13.2 Å². The molecule has 0 spiro atoms. The summed E-state index contributed by atoms with van der Waals surface area (Å²) in [6.07, 6.45) is -2.21. The Morgan fingerprint density at radius 2 is 1.81 bits per heavy atom. The molecule has 0 aliphatic heterocycles. The molecule has 0 saturated heterocycles. The monoisotopic (exact) mass is 289 g/mol. The van der Waals surface area contributed by atoms with E-state index >= 15 is 0 Å². The van der Waals surface area contributed by atoms with E-state index in [1.165, 1.54) is 18.3 Å². The van der Waals surface area contributed by atoms with Crippen LogP contribution in [0.5, 0.6) is 11.5 Å². The van der Waals surface area contributed by atoms with Gasteiger partial charge in [0.05, 0.1) is 29.0 Å². The summed E-state index contributed by atoms with van der Waals surface area (Å²) >= 11 is 0. The van der Waals surface area contributed by atoms with E-state index in [0.29, 0.717) is 6.07 Å². The van der Waals surface area contributed by atoms with Gasteiger partial charge in [-0.25, -0.2) is 0 Å². The van der Waals surface area contributed by atoms with Gasteiger partial charge in [0, 0.05) is 6.20 Å². The Labute approximate surface area is 117 Å². The molecule has 104 valence electrons. The molecule has 1 aromatic carbocycles.